The van der Waals surface area contributed by atoms with Crippen molar-refractivity contribution in [2.75, 3.05) is 0 Å². The van der Waals surface area contributed by atoms with Crippen molar-refractivity contribution in [3.8, 4) is 5.69 Å². The minimum atomic E-state index is -0.0737. The summed E-state index contributed by atoms with van der Waals surface area (Å²) in [5.41, 5.74) is 3.76. The second kappa shape index (κ2) is 4.67. The van der Waals surface area contributed by atoms with Crippen LogP contribution in [-0.2, 0) is 6.61 Å². The quantitative estimate of drug-likeness (QED) is 0.881. The summed E-state index contributed by atoms with van der Waals surface area (Å²) in [6.07, 6.45) is 0. The Hall–Kier alpha value is -1.68. The first-order valence-electron chi connectivity index (χ1n) is 5.76. The van der Waals surface area contributed by atoms with Crippen LogP contribution in [0.4, 0.5) is 0 Å². The maximum absolute atomic E-state index is 9.11. The van der Waals surface area contributed by atoms with Gasteiger partial charge in [0, 0.05) is 0 Å². The number of nitrogens with zero attached hydrogens (tertiary/aromatic N) is 3. The molecule has 0 aliphatic heterocycles. The smallest absolute Gasteiger partial charge is 0.111 e. The molecule has 0 radical (unpaired) electrons. The zero-order chi connectivity index (χ0) is 12.4. The maximum Gasteiger partial charge on any atom is 0.111 e. The third-order valence-corrected chi connectivity index (χ3v) is 2.92. The third-order valence-electron chi connectivity index (χ3n) is 2.92. The van der Waals surface area contributed by atoms with Crippen LogP contribution in [0.3, 0.4) is 0 Å². The highest BCUT2D eigenvalue weighted by atomic mass is 16.3. The van der Waals surface area contributed by atoms with Crippen LogP contribution in [0.25, 0.3) is 5.69 Å². The molecule has 90 valence electrons. The van der Waals surface area contributed by atoms with Gasteiger partial charge in [0.15, 0.2) is 0 Å². The molecule has 17 heavy (non-hydrogen) atoms. The lowest BCUT2D eigenvalue weighted by molar-refractivity contribution is 0.276. The van der Waals surface area contributed by atoms with Crippen LogP contribution in [0.1, 0.15) is 36.7 Å². The summed E-state index contributed by atoms with van der Waals surface area (Å²) in [7, 11) is 0. The van der Waals surface area contributed by atoms with Gasteiger partial charge in [-0.25, -0.2) is 4.68 Å². The Morgan fingerprint density at radius 3 is 2.71 bits per heavy atom. The Bertz CT molecular complexity index is 517. The van der Waals surface area contributed by atoms with Crippen LogP contribution in [0.2, 0.25) is 0 Å². The van der Waals surface area contributed by atoms with E-state index in [4.69, 9.17) is 5.11 Å². The number of rotatable bonds is 3. The number of hydrogen-bond acceptors (Lipinski definition) is 3. The average Bonchev–Trinajstić information content (AvgIpc) is 2.70. The Kier molecular flexibility index (Phi) is 3.24. The fourth-order valence-corrected chi connectivity index (χ4v) is 1.77. The molecule has 0 spiro atoms. The summed E-state index contributed by atoms with van der Waals surface area (Å²) >= 11 is 0. The molecular weight excluding hydrogens is 214 g/mol. The van der Waals surface area contributed by atoms with Gasteiger partial charge >= 0.3 is 0 Å². The number of benzene rings is 1. The molecule has 1 aromatic heterocycles. The first-order valence-corrected chi connectivity index (χ1v) is 5.76. The predicted molar refractivity (Wildman–Crippen MR) is 66.1 cm³/mol. The summed E-state index contributed by atoms with van der Waals surface area (Å²) in [5.74, 6) is 0.482. The monoisotopic (exact) mass is 231 g/mol. The molecule has 0 fully saturated rings. The van der Waals surface area contributed by atoms with Crippen molar-refractivity contribution >= 4 is 0 Å². The van der Waals surface area contributed by atoms with Crippen LogP contribution in [0, 0.1) is 6.92 Å². The van der Waals surface area contributed by atoms with Crippen molar-refractivity contribution in [3.05, 3.63) is 41.2 Å². The Balaban J connectivity index is 2.45. The zero-order valence-electron chi connectivity index (χ0n) is 10.4. The molecule has 1 heterocycles. The first-order chi connectivity index (χ1) is 8.13. The summed E-state index contributed by atoms with van der Waals surface area (Å²) in [6.45, 7) is 6.15. The van der Waals surface area contributed by atoms with Crippen LogP contribution in [-0.4, -0.2) is 20.1 Å². The van der Waals surface area contributed by atoms with E-state index in [2.05, 4.69) is 36.3 Å². The van der Waals surface area contributed by atoms with E-state index in [9.17, 15) is 0 Å². The lowest BCUT2D eigenvalue weighted by Gasteiger charge is -2.08. The van der Waals surface area contributed by atoms with Crippen molar-refractivity contribution < 1.29 is 5.11 Å². The lowest BCUT2D eigenvalue weighted by atomic mass is 10.0. The van der Waals surface area contributed by atoms with Gasteiger partial charge in [0.25, 0.3) is 0 Å². The van der Waals surface area contributed by atoms with Gasteiger partial charge in [-0.3, -0.25) is 0 Å². The van der Waals surface area contributed by atoms with Gasteiger partial charge in [-0.05, 0) is 30.5 Å². The molecule has 0 atom stereocenters. The van der Waals surface area contributed by atoms with Gasteiger partial charge in [-0.2, -0.15) is 0 Å². The number of aliphatic hydroxyl groups is 1. The van der Waals surface area contributed by atoms with E-state index < -0.39 is 0 Å². The fourth-order valence-electron chi connectivity index (χ4n) is 1.77. The Morgan fingerprint density at radius 1 is 1.35 bits per heavy atom. The molecule has 0 unspecified atom stereocenters. The van der Waals surface area contributed by atoms with Gasteiger partial charge in [0.2, 0.25) is 0 Å². The van der Waals surface area contributed by atoms with Crippen LogP contribution in [0.5, 0.6) is 0 Å². The molecule has 4 heteroatoms. The minimum Gasteiger partial charge on any atom is -0.390 e. The molecule has 2 aromatic rings. The minimum absolute atomic E-state index is 0.0737. The van der Waals surface area contributed by atoms with Gasteiger partial charge < -0.3 is 5.11 Å². The first kappa shape index (κ1) is 11.8. The number of aliphatic hydroxyl groups excluding tert-OH is 1. The van der Waals surface area contributed by atoms with E-state index in [1.807, 2.05) is 19.1 Å². The SMILES string of the molecule is Cc1c(CO)nnn1-c1cccc(C(C)C)c1. The Labute approximate surface area is 101 Å². The summed E-state index contributed by atoms with van der Waals surface area (Å²) in [5, 5.41) is 17.1. The molecular formula is C13H17N3O. The van der Waals surface area contributed by atoms with Gasteiger partial charge in [-0.15, -0.1) is 5.10 Å². The second-order valence-corrected chi connectivity index (χ2v) is 4.44. The summed E-state index contributed by atoms with van der Waals surface area (Å²) < 4.78 is 1.76. The molecule has 0 amide bonds. The molecule has 4 nitrogen and oxygen atoms in total. The zero-order valence-corrected chi connectivity index (χ0v) is 10.4. The topological polar surface area (TPSA) is 50.9 Å². The van der Waals surface area contributed by atoms with Crippen LogP contribution < -0.4 is 0 Å². The van der Waals surface area contributed by atoms with Crippen molar-refractivity contribution in [2.45, 2.75) is 33.3 Å². The average molecular weight is 231 g/mol. The Morgan fingerprint density at radius 2 is 2.12 bits per heavy atom. The van der Waals surface area contributed by atoms with Crippen LogP contribution >= 0.6 is 0 Å². The molecule has 0 aliphatic rings. The highest BCUT2D eigenvalue weighted by Crippen LogP contribution is 2.19. The molecule has 0 saturated carbocycles. The largest absolute Gasteiger partial charge is 0.390 e. The highest BCUT2D eigenvalue weighted by molar-refractivity contribution is 5.37. The van der Waals surface area contributed by atoms with Gasteiger partial charge in [0.05, 0.1) is 18.0 Å². The molecule has 1 aromatic carbocycles. The standard InChI is InChI=1S/C13H17N3O/c1-9(2)11-5-4-6-12(7-11)16-10(3)13(8-17)14-15-16/h4-7,9,17H,8H2,1-3H3. The molecule has 0 aliphatic carbocycles. The predicted octanol–water partition coefficient (Wildman–Crippen LogP) is 2.19. The fraction of sp³-hybridized carbons (Fsp3) is 0.385. The van der Waals surface area contributed by atoms with E-state index in [1.54, 1.807) is 4.68 Å². The van der Waals surface area contributed by atoms with Crippen molar-refractivity contribution in [1.29, 1.82) is 0 Å². The van der Waals surface area contributed by atoms with Crippen molar-refractivity contribution in [2.24, 2.45) is 0 Å². The van der Waals surface area contributed by atoms with E-state index in [0.29, 0.717) is 11.6 Å². The number of hydrogen-bond donors (Lipinski definition) is 1. The van der Waals surface area contributed by atoms with Crippen LogP contribution in [0.15, 0.2) is 24.3 Å². The summed E-state index contributed by atoms with van der Waals surface area (Å²) in [6, 6.07) is 8.22. The van der Waals surface area contributed by atoms with E-state index in [-0.39, 0.29) is 6.61 Å². The molecule has 2 rings (SSSR count). The second-order valence-electron chi connectivity index (χ2n) is 4.44. The van der Waals surface area contributed by atoms with Gasteiger partial charge in [0.1, 0.15) is 5.69 Å². The van der Waals surface area contributed by atoms with Crippen molar-refractivity contribution in [3.63, 3.8) is 0 Å². The molecule has 0 bridgehead atoms. The van der Waals surface area contributed by atoms with E-state index in [0.717, 1.165) is 11.4 Å². The van der Waals surface area contributed by atoms with Gasteiger partial charge in [-0.1, -0.05) is 31.2 Å². The van der Waals surface area contributed by atoms with Crippen molar-refractivity contribution in [1.82, 2.24) is 15.0 Å². The number of aromatic nitrogens is 3. The third kappa shape index (κ3) is 2.22. The normalized spacial score (nSPS) is 11.1. The van der Waals surface area contributed by atoms with E-state index >= 15 is 0 Å². The molecule has 1 N–H and O–H groups in total. The lowest BCUT2D eigenvalue weighted by Crippen LogP contribution is -2.01. The van der Waals surface area contributed by atoms with E-state index in [1.165, 1.54) is 5.56 Å². The highest BCUT2D eigenvalue weighted by Gasteiger charge is 2.09. The maximum atomic E-state index is 9.11. The summed E-state index contributed by atoms with van der Waals surface area (Å²) in [4.78, 5) is 0. The molecule has 0 saturated heterocycles.